The van der Waals surface area contributed by atoms with Crippen molar-refractivity contribution in [3.05, 3.63) is 46.2 Å². The van der Waals surface area contributed by atoms with Gasteiger partial charge in [-0.25, -0.2) is 8.42 Å². The van der Waals surface area contributed by atoms with Gasteiger partial charge in [0, 0.05) is 23.5 Å². The first-order chi connectivity index (χ1) is 11.9. The average Bonchev–Trinajstić information content (AvgIpc) is 3.13. The molecule has 1 aromatic carbocycles. The molecule has 0 saturated carbocycles. The van der Waals surface area contributed by atoms with Crippen molar-refractivity contribution in [1.29, 1.82) is 0 Å². The third kappa shape index (κ3) is 4.39. The summed E-state index contributed by atoms with van der Waals surface area (Å²) in [4.78, 5) is 13.4. The number of nitrogens with zero attached hydrogens (tertiary/aromatic N) is 1. The second-order valence-corrected chi connectivity index (χ2v) is 8.16. The summed E-state index contributed by atoms with van der Waals surface area (Å²) >= 11 is 1.55. The molecule has 0 aliphatic rings. The van der Waals surface area contributed by atoms with E-state index >= 15 is 0 Å². The van der Waals surface area contributed by atoms with Crippen LogP contribution < -0.4 is 10.1 Å². The van der Waals surface area contributed by atoms with Crippen LogP contribution in [0.25, 0.3) is 0 Å². The van der Waals surface area contributed by atoms with Gasteiger partial charge in [0.15, 0.2) is 0 Å². The smallest absolute Gasteiger partial charge is 0.251 e. The predicted octanol–water partition coefficient (Wildman–Crippen LogP) is 2.72. The van der Waals surface area contributed by atoms with Crippen LogP contribution in [0.2, 0.25) is 0 Å². The minimum Gasteiger partial charge on any atom is -0.495 e. The van der Waals surface area contributed by atoms with Crippen molar-refractivity contribution < 1.29 is 17.9 Å². The molecule has 1 amide bonds. The van der Waals surface area contributed by atoms with Crippen LogP contribution >= 0.6 is 11.3 Å². The predicted molar refractivity (Wildman–Crippen MR) is 98.6 cm³/mol. The highest BCUT2D eigenvalue weighted by Crippen LogP contribution is 2.28. The van der Waals surface area contributed by atoms with Gasteiger partial charge in [0.05, 0.1) is 13.7 Å². The molecular weight excluding hydrogens is 360 g/mol. The molecule has 1 heterocycles. The van der Waals surface area contributed by atoms with Crippen LogP contribution in [0, 0.1) is 0 Å². The van der Waals surface area contributed by atoms with E-state index in [4.69, 9.17) is 4.74 Å². The van der Waals surface area contributed by atoms with E-state index in [9.17, 15) is 13.2 Å². The molecule has 0 atom stereocenters. The maximum atomic E-state index is 12.8. The van der Waals surface area contributed by atoms with Crippen LogP contribution in [-0.4, -0.2) is 38.8 Å². The van der Waals surface area contributed by atoms with Gasteiger partial charge in [-0.15, -0.1) is 11.3 Å². The number of carbonyl (C=O) groups excluding carboxylic acids is 1. The number of hydrogen-bond donors (Lipinski definition) is 1. The average molecular weight is 383 g/mol. The van der Waals surface area contributed by atoms with Crippen LogP contribution in [0.3, 0.4) is 0 Å². The number of hydrogen-bond acceptors (Lipinski definition) is 5. The number of methoxy groups -OCH3 is 1. The summed E-state index contributed by atoms with van der Waals surface area (Å²) in [6, 6.07) is 8.28. The number of sulfonamides is 1. The van der Waals surface area contributed by atoms with Gasteiger partial charge in [0.1, 0.15) is 10.6 Å². The zero-order valence-electron chi connectivity index (χ0n) is 14.5. The molecule has 0 aliphatic heterocycles. The third-order valence-electron chi connectivity index (χ3n) is 3.75. The lowest BCUT2D eigenvalue weighted by Gasteiger charge is -2.20. The van der Waals surface area contributed by atoms with Gasteiger partial charge in [0.2, 0.25) is 10.0 Å². The zero-order valence-corrected chi connectivity index (χ0v) is 16.1. The summed E-state index contributed by atoms with van der Waals surface area (Å²) in [5.74, 6) is -0.103. The van der Waals surface area contributed by atoms with E-state index in [2.05, 4.69) is 5.32 Å². The first-order valence-electron chi connectivity index (χ1n) is 7.92. The van der Waals surface area contributed by atoms with Crippen LogP contribution in [0.4, 0.5) is 0 Å². The third-order valence-corrected chi connectivity index (χ3v) is 6.70. The maximum Gasteiger partial charge on any atom is 0.251 e. The second kappa shape index (κ2) is 8.46. The minimum absolute atomic E-state index is 0.00229. The van der Waals surface area contributed by atoms with E-state index < -0.39 is 10.0 Å². The van der Waals surface area contributed by atoms with Gasteiger partial charge in [-0.3, -0.25) is 4.79 Å². The van der Waals surface area contributed by atoms with Crippen molar-refractivity contribution >= 4 is 27.3 Å². The Labute approximate surface area is 152 Å². The Morgan fingerprint density at radius 2 is 1.96 bits per heavy atom. The van der Waals surface area contributed by atoms with Gasteiger partial charge in [-0.2, -0.15) is 4.31 Å². The van der Waals surface area contributed by atoms with Gasteiger partial charge < -0.3 is 10.1 Å². The van der Waals surface area contributed by atoms with Crippen molar-refractivity contribution in [3.8, 4) is 5.75 Å². The van der Waals surface area contributed by atoms with Gasteiger partial charge >= 0.3 is 0 Å². The Balaban J connectivity index is 2.31. The molecule has 8 heteroatoms. The van der Waals surface area contributed by atoms with E-state index in [1.54, 1.807) is 31.3 Å². The van der Waals surface area contributed by atoms with Crippen molar-refractivity contribution in [3.63, 3.8) is 0 Å². The highest BCUT2D eigenvalue weighted by molar-refractivity contribution is 7.89. The summed E-state index contributed by atoms with van der Waals surface area (Å²) in [6.45, 7) is 4.63. The molecule has 1 N–H and O–H groups in total. The summed E-state index contributed by atoms with van der Waals surface area (Å²) in [6.07, 6.45) is 0. The molecule has 1 aromatic heterocycles. The Bertz CT molecular complexity index is 813. The lowest BCUT2D eigenvalue weighted by Crippen LogP contribution is -2.31. The van der Waals surface area contributed by atoms with Crippen LogP contribution in [0.15, 0.2) is 40.6 Å². The van der Waals surface area contributed by atoms with Crippen molar-refractivity contribution in [2.75, 3.05) is 20.2 Å². The Morgan fingerprint density at radius 3 is 2.52 bits per heavy atom. The van der Waals surface area contributed by atoms with E-state index in [0.29, 0.717) is 19.6 Å². The monoisotopic (exact) mass is 382 g/mol. The van der Waals surface area contributed by atoms with Gasteiger partial charge in [-0.05, 0) is 29.6 Å². The minimum atomic E-state index is -3.73. The number of thiophene rings is 1. The maximum absolute atomic E-state index is 12.8. The lowest BCUT2D eigenvalue weighted by molar-refractivity contribution is 0.0951. The number of benzene rings is 1. The fraction of sp³-hybridized carbons (Fsp3) is 0.353. The SMILES string of the molecule is CCN(CC)S(=O)(=O)c1cc(C(=O)NCc2cccs2)ccc1OC. The Morgan fingerprint density at radius 1 is 1.24 bits per heavy atom. The van der Waals surface area contributed by atoms with Crippen molar-refractivity contribution in [1.82, 2.24) is 9.62 Å². The highest BCUT2D eigenvalue weighted by Gasteiger charge is 2.26. The topological polar surface area (TPSA) is 75.7 Å². The van der Waals surface area contributed by atoms with Crippen LogP contribution in [0.1, 0.15) is 29.1 Å². The summed E-state index contributed by atoms with van der Waals surface area (Å²) in [5.41, 5.74) is 0.281. The van der Waals surface area contributed by atoms with Gasteiger partial charge in [0.25, 0.3) is 5.91 Å². The normalized spacial score (nSPS) is 11.5. The van der Waals surface area contributed by atoms with Crippen molar-refractivity contribution in [2.24, 2.45) is 0 Å². The number of amides is 1. The van der Waals surface area contributed by atoms with E-state index in [0.717, 1.165) is 4.88 Å². The first-order valence-corrected chi connectivity index (χ1v) is 10.2. The number of carbonyl (C=O) groups is 1. The quantitative estimate of drug-likeness (QED) is 0.762. The fourth-order valence-corrected chi connectivity index (χ4v) is 4.69. The molecule has 6 nitrogen and oxygen atoms in total. The molecule has 2 aromatic rings. The Kier molecular flexibility index (Phi) is 6.57. The molecular formula is C17H22N2O4S2. The summed E-state index contributed by atoms with van der Waals surface area (Å²) in [7, 11) is -2.32. The van der Waals surface area contributed by atoms with Gasteiger partial charge in [-0.1, -0.05) is 19.9 Å². The second-order valence-electron chi connectivity index (χ2n) is 5.22. The lowest BCUT2D eigenvalue weighted by atomic mass is 10.2. The van der Waals surface area contributed by atoms with E-state index in [1.165, 1.54) is 23.5 Å². The first kappa shape index (κ1) is 19.4. The summed E-state index contributed by atoms with van der Waals surface area (Å²) in [5, 5.41) is 4.73. The van der Waals surface area contributed by atoms with Crippen LogP contribution in [-0.2, 0) is 16.6 Å². The largest absolute Gasteiger partial charge is 0.495 e. The standard InChI is InChI=1S/C17H22N2O4S2/c1-4-19(5-2)25(21,22)16-11-13(8-9-15(16)23-3)17(20)18-12-14-7-6-10-24-14/h6-11H,4-5,12H2,1-3H3,(H,18,20). The number of ether oxygens (including phenoxy) is 1. The molecule has 136 valence electrons. The molecule has 0 radical (unpaired) electrons. The molecule has 0 saturated heterocycles. The molecule has 0 aliphatic carbocycles. The molecule has 0 bridgehead atoms. The number of nitrogens with one attached hydrogen (secondary N) is 1. The number of rotatable bonds is 8. The van der Waals surface area contributed by atoms with E-state index in [1.807, 2.05) is 17.5 Å². The summed E-state index contributed by atoms with van der Waals surface area (Å²) < 4.78 is 32.1. The Hall–Kier alpha value is -1.90. The fourth-order valence-electron chi connectivity index (χ4n) is 2.40. The molecule has 0 unspecified atom stereocenters. The molecule has 25 heavy (non-hydrogen) atoms. The van der Waals surface area contributed by atoms with E-state index in [-0.39, 0.29) is 22.1 Å². The molecule has 0 spiro atoms. The van der Waals surface area contributed by atoms with Crippen LogP contribution in [0.5, 0.6) is 5.75 Å². The highest BCUT2D eigenvalue weighted by atomic mass is 32.2. The van der Waals surface area contributed by atoms with Crippen molar-refractivity contribution in [2.45, 2.75) is 25.3 Å². The zero-order chi connectivity index (χ0) is 18.4. The molecule has 0 fully saturated rings. The molecule has 2 rings (SSSR count).